The van der Waals surface area contributed by atoms with Gasteiger partial charge < -0.3 is 15.8 Å². The fourth-order valence-corrected chi connectivity index (χ4v) is 5.10. The van der Waals surface area contributed by atoms with Gasteiger partial charge in [-0.3, -0.25) is 0 Å². The Morgan fingerprint density at radius 3 is 2.59 bits per heavy atom. The first-order valence-electron chi connectivity index (χ1n) is 10.1. The Morgan fingerprint density at radius 2 is 1.97 bits per heavy atom. The molecule has 1 heterocycles. The van der Waals surface area contributed by atoms with Gasteiger partial charge >= 0.3 is 0 Å². The van der Waals surface area contributed by atoms with Crippen LogP contribution < -0.4 is 15.8 Å². The minimum absolute atomic E-state index is 0.228. The maximum atomic E-state index is 14.5. The Morgan fingerprint density at radius 1 is 1.19 bits per heavy atom. The molecule has 2 aromatic carbocycles. The lowest BCUT2D eigenvalue weighted by Crippen LogP contribution is -2.11. The molecule has 0 spiro atoms. The number of halogens is 3. The van der Waals surface area contributed by atoms with E-state index in [1.807, 2.05) is 25.3 Å². The molecule has 0 radical (unpaired) electrons. The SMILES string of the molecule is C=Cc1c(N)ccc2c(OC3=CC=C(NC)CC3)c(-c3ccc(F)cc3C(C)(F)F)sc12. The zero-order valence-electron chi connectivity index (χ0n) is 17.8. The summed E-state index contributed by atoms with van der Waals surface area (Å²) in [6.45, 7) is 4.61. The van der Waals surface area contributed by atoms with Crippen LogP contribution in [0.3, 0.4) is 0 Å². The average Bonchev–Trinajstić information content (AvgIpc) is 3.11. The molecule has 3 nitrogen and oxygen atoms in total. The number of hydrogen-bond acceptors (Lipinski definition) is 4. The van der Waals surface area contributed by atoms with Crippen molar-refractivity contribution in [3.8, 4) is 16.2 Å². The number of rotatable bonds is 6. The highest BCUT2D eigenvalue weighted by Gasteiger charge is 2.31. The molecule has 4 rings (SSSR count). The minimum Gasteiger partial charge on any atom is -0.460 e. The molecule has 0 bridgehead atoms. The molecule has 3 N–H and O–H groups in total. The van der Waals surface area contributed by atoms with E-state index in [-0.39, 0.29) is 5.56 Å². The van der Waals surface area contributed by atoms with Crippen molar-refractivity contribution in [3.05, 3.63) is 77.5 Å². The highest BCUT2D eigenvalue weighted by Crippen LogP contribution is 2.50. The number of nitrogen functional groups attached to an aromatic ring is 1. The lowest BCUT2D eigenvalue weighted by atomic mass is 9.99. The Hall–Kier alpha value is -3.19. The smallest absolute Gasteiger partial charge is 0.271 e. The number of nitrogens with one attached hydrogen (secondary N) is 1. The molecule has 0 fully saturated rings. The normalized spacial score (nSPS) is 14.2. The summed E-state index contributed by atoms with van der Waals surface area (Å²) in [6, 6.07) is 7.01. The summed E-state index contributed by atoms with van der Waals surface area (Å²) in [5.41, 5.74) is 8.30. The van der Waals surface area contributed by atoms with Crippen LogP contribution in [0.5, 0.6) is 5.75 Å². The summed E-state index contributed by atoms with van der Waals surface area (Å²) < 4.78 is 49.9. The van der Waals surface area contributed by atoms with Crippen LogP contribution in [0.25, 0.3) is 26.6 Å². The van der Waals surface area contributed by atoms with Crippen molar-refractivity contribution < 1.29 is 17.9 Å². The highest BCUT2D eigenvalue weighted by atomic mass is 32.1. The van der Waals surface area contributed by atoms with Gasteiger partial charge in [-0.1, -0.05) is 18.7 Å². The van der Waals surface area contributed by atoms with Crippen molar-refractivity contribution in [2.45, 2.75) is 25.7 Å². The van der Waals surface area contributed by atoms with Crippen molar-refractivity contribution in [2.24, 2.45) is 0 Å². The van der Waals surface area contributed by atoms with Crippen LogP contribution in [0, 0.1) is 5.82 Å². The van der Waals surface area contributed by atoms with Crippen molar-refractivity contribution in [1.29, 1.82) is 0 Å². The third kappa shape index (κ3) is 4.00. The number of alkyl halides is 2. The van der Waals surface area contributed by atoms with Gasteiger partial charge in [0.1, 0.15) is 11.6 Å². The lowest BCUT2D eigenvalue weighted by molar-refractivity contribution is 0.0178. The largest absolute Gasteiger partial charge is 0.460 e. The number of benzene rings is 2. The fraction of sp³-hybridized carbons (Fsp3) is 0.200. The second-order valence-corrected chi connectivity index (χ2v) is 8.69. The second kappa shape index (κ2) is 8.39. The van der Waals surface area contributed by atoms with E-state index >= 15 is 0 Å². The van der Waals surface area contributed by atoms with Crippen LogP contribution in [-0.2, 0) is 5.92 Å². The maximum absolute atomic E-state index is 14.5. The molecule has 7 heteroatoms. The summed E-state index contributed by atoms with van der Waals surface area (Å²) in [5, 5.41) is 3.86. The first-order valence-corrected chi connectivity index (χ1v) is 11.0. The molecule has 0 amide bonds. The Labute approximate surface area is 188 Å². The average molecular weight is 457 g/mol. The van der Waals surface area contributed by atoms with E-state index in [1.54, 1.807) is 12.1 Å². The molecule has 0 unspecified atom stereocenters. The highest BCUT2D eigenvalue weighted by molar-refractivity contribution is 7.23. The van der Waals surface area contributed by atoms with Gasteiger partial charge in [0.2, 0.25) is 0 Å². The van der Waals surface area contributed by atoms with E-state index < -0.39 is 17.3 Å². The molecule has 0 aliphatic heterocycles. The molecular formula is C25H23F3N2OS. The third-order valence-electron chi connectivity index (χ3n) is 5.45. The van der Waals surface area contributed by atoms with Crippen molar-refractivity contribution in [2.75, 3.05) is 12.8 Å². The molecule has 1 aromatic heterocycles. The second-order valence-electron chi connectivity index (χ2n) is 7.66. The quantitative estimate of drug-likeness (QED) is 0.386. The Bertz CT molecular complexity index is 1270. The van der Waals surface area contributed by atoms with Crippen LogP contribution in [0.4, 0.5) is 18.9 Å². The summed E-state index contributed by atoms with van der Waals surface area (Å²) in [4.78, 5) is 0.495. The zero-order chi connectivity index (χ0) is 23.0. The van der Waals surface area contributed by atoms with Crippen LogP contribution in [0.1, 0.15) is 30.9 Å². The minimum atomic E-state index is -3.24. The van der Waals surface area contributed by atoms with E-state index in [2.05, 4.69) is 11.9 Å². The number of hydrogen-bond donors (Lipinski definition) is 2. The fourth-order valence-electron chi connectivity index (χ4n) is 3.78. The third-order valence-corrected chi connectivity index (χ3v) is 6.71. The summed E-state index contributed by atoms with van der Waals surface area (Å²) >= 11 is 1.29. The van der Waals surface area contributed by atoms with Gasteiger partial charge in [0, 0.05) is 58.6 Å². The monoisotopic (exact) mass is 456 g/mol. The van der Waals surface area contributed by atoms with Crippen LogP contribution in [-0.4, -0.2) is 7.05 Å². The van der Waals surface area contributed by atoms with Crippen molar-refractivity contribution in [3.63, 3.8) is 0 Å². The number of nitrogens with two attached hydrogens (primary N) is 1. The molecule has 3 aromatic rings. The van der Waals surface area contributed by atoms with E-state index in [0.717, 1.165) is 35.2 Å². The van der Waals surface area contributed by atoms with Crippen molar-refractivity contribution >= 4 is 33.2 Å². The first-order chi connectivity index (χ1) is 15.2. The maximum Gasteiger partial charge on any atom is 0.271 e. The van der Waals surface area contributed by atoms with Crippen LogP contribution in [0.2, 0.25) is 0 Å². The first kappa shape index (κ1) is 22.0. The number of anilines is 1. The predicted molar refractivity (Wildman–Crippen MR) is 126 cm³/mol. The van der Waals surface area contributed by atoms with Gasteiger partial charge in [-0.05, 0) is 42.8 Å². The van der Waals surface area contributed by atoms with Gasteiger partial charge in [0.25, 0.3) is 5.92 Å². The Balaban J connectivity index is 1.97. The Kier molecular flexibility index (Phi) is 5.77. The number of ether oxygens (including phenoxy) is 1. The topological polar surface area (TPSA) is 47.3 Å². The predicted octanol–water partition coefficient (Wildman–Crippen LogP) is 7.20. The summed E-state index contributed by atoms with van der Waals surface area (Å²) in [5.74, 6) is -2.78. The molecular weight excluding hydrogens is 433 g/mol. The number of thiophene rings is 1. The van der Waals surface area contributed by atoms with Gasteiger partial charge in [-0.2, -0.15) is 0 Å². The summed E-state index contributed by atoms with van der Waals surface area (Å²) in [6.07, 6.45) is 6.88. The number of allylic oxidation sites excluding steroid dienone is 4. The van der Waals surface area contributed by atoms with Crippen LogP contribution in [0.15, 0.2) is 60.5 Å². The van der Waals surface area contributed by atoms with E-state index in [9.17, 15) is 13.2 Å². The van der Waals surface area contributed by atoms with Gasteiger partial charge in [-0.25, -0.2) is 13.2 Å². The van der Waals surface area contributed by atoms with Crippen LogP contribution >= 0.6 is 11.3 Å². The van der Waals surface area contributed by atoms with E-state index in [1.165, 1.54) is 23.5 Å². The molecule has 166 valence electrons. The van der Waals surface area contributed by atoms with Crippen molar-refractivity contribution in [1.82, 2.24) is 5.32 Å². The standard InChI is InChI=1S/C25H23F3N2OS/c1-4-17-21(29)12-11-19-22(31-16-8-6-15(30-3)7-9-16)24(32-23(17)19)18-10-5-14(26)13-20(18)25(2,27)28/h4-6,8,10-13,30H,1,7,9,29H2,2-3H3. The summed E-state index contributed by atoms with van der Waals surface area (Å²) in [7, 11) is 1.86. The molecule has 0 atom stereocenters. The molecule has 1 aliphatic rings. The van der Waals surface area contributed by atoms with Gasteiger partial charge in [0.15, 0.2) is 5.75 Å². The number of fused-ring (bicyclic) bond motifs is 1. The van der Waals surface area contributed by atoms with E-state index in [0.29, 0.717) is 34.1 Å². The zero-order valence-corrected chi connectivity index (χ0v) is 18.6. The lowest BCUT2D eigenvalue weighted by Gasteiger charge is -2.18. The molecule has 1 aliphatic carbocycles. The van der Waals surface area contributed by atoms with E-state index in [4.69, 9.17) is 10.5 Å². The van der Waals surface area contributed by atoms with Gasteiger partial charge in [-0.15, -0.1) is 11.3 Å². The molecule has 0 saturated heterocycles. The molecule has 32 heavy (non-hydrogen) atoms. The molecule has 0 saturated carbocycles. The van der Waals surface area contributed by atoms with Gasteiger partial charge in [0.05, 0.1) is 4.88 Å².